The molecule has 0 saturated carbocycles. The van der Waals surface area contributed by atoms with Crippen LogP contribution in [-0.2, 0) is 28.8 Å². The summed E-state index contributed by atoms with van der Waals surface area (Å²) in [4.78, 5) is 74.1. The zero-order valence-corrected chi connectivity index (χ0v) is 23.6. The molecule has 0 unspecified atom stereocenters. The molecule has 6 atom stereocenters. The van der Waals surface area contributed by atoms with Crippen molar-refractivity contribution in [3.05, 3.63) is 0 Å². The molecule has 0 radical (unpaired) electrons. The fraction of sp³-hybridized carbons (Fsp3) is 0.760. The van der Waals surface area contributed by atoms with Crippen LogP contribution in [0.15, 0.2) is 0 Å². The summed E-state index contributed by atoms with van der Waals surface area (Å²) in [5, 5.41) is 10.3. The SMILES string of the molecule is CC[C@H](C)[C@H](NC(=O)[C@H](C)NC(=O)[C@@H](NC(=O)[C@@H](N)CC(C)C)C(C)C)C(=O)N[C@@H](CCC(N)=O)C(N)=O. The second kappa shape index (κ2) is 16.6. The van der Waals surface area contributed by atoms with Crippen LogP contribution in [0, 0.1) is 17.8 Å². The van der Waals surface area contributed by atoms with Crippen molar-refractivity contribution in [3.63, 3.8) is 0 Å². The van der Waals surface area contributed by atoms with E-state index in [1.807, 2.05) is 20.8 Å². The van der Waals surface area contributed by atoms with Gasteiger partial charge in [-0.25, -0.2) is 0 Å². The van der Waals surface area contributed by atoms with Crippen molar-refractivity contribution in [2.24, 2.45) is 35.0 Å². The Morgan fingerprint density at radius 2 is 1.24 bits per heavy atom. The molecule has 218 valence electrons. The second-order valence-electron chi connectivity index (χ2n) is 10.5. The molecule has 10 N–H and O–H groups in total. The number of primary amides is 2. The van der Waals surface area contributed by atoms with E-state index in [0.29, 0.717) is 12.8 Å². The first-order valence-corrected chi connectivity index (χ1v) is 13.1. The van der Waals surface area contributed by atoms with Crippen LogP contribution in [0.4, 0.5) is 0 Å². The van der Waals surface area contributed by atoms with Crippen molar-refractivity contribution in [2.45, 2.75) is 104 Å². The summed E-state index contributed by atoms with van der Waals surface area (Å²) < 4.78 is 0. The third kappa shape index (κ3) is 12.3. The zero-order valence-electron chi connectivity index (χ0n) is 23.6. The van der Waals surface area contributed by atoms with Crippen molar-refractivity contribution >= 4 is 35.4 Å². The Morgan fingerprint density at radius 3 is 1.68 bits per heavy atom. The number of amides is 6. The largest absolute Gasteiger partial charge is 0.370 e. The maximum Gasteiger partial charge on any atom is 0.243 e. The summed E-state index contributed by atoms with van der Waals surface area (Å²) in [6.45, 7) is 12.4. The number of carbonyl (C=O) groups is 6. The van der Waals surface area contributed by atoms with Crippen molar-refractivity contribution in [1.82, 2.24) is 21.3 Å². The van der Waals surface area contributed by atoms with Crippen LogP contribution in [0.25, 0.3) is 0 Å². The molecule has 0 rings (SSSR count). The van der Waals surface area contributed by atoms with E-state index in [0.717, 1.165) is 0 Å². The second-order valence-corrected chi connectivity index (χ2v) is 10.5. The summed E-state index contributed by atoms with van der Waals surface area (Å²) >= 11 is 0. The smallest absolute Gasteiger partial charge is 0.243 e. The molecule has 0 aromatic heterocycles. The molecule has 0 saturated heterocycles. The maximum absolute atomic E-state index is 12.9. The van der Waals surface area contributed by atoms with Gasteiger partial charge in [-0.1, -0.05) is 48.0 Å². The molecule has 0 aliphatic carbocycles. The maximum atomic E-state index is 12.9. The molecular formula is C25H47N7O6. The molecule has 0 spiro atoms. The van der Waals surface area contributed by atoms with Gasteiger partial charge in [-0.3, -0.25) is 28.8 Å². The zero-order chi connectivity index (χ0) is 29.7. The number of nitrogens with two attached hydrogens (primary N) is 3. The Kier molecular flexibility index (Phi) is 15.2. The van der Waals surface area contributed by atoms with Crippen LogP contribution in [0.1, 0.15) is 74.1 Å². The van der Waals surface area contributed by atoms with Crippen LogP contribution in [0.5, 0.6) is 0 Å². The van der Waals surface area contributed by atoms with E-state index in [9.17, 15) is 28.8 Å². The van der Waals surface area contributed by atoms with Crippen LogP contribution in [0.2, 0.25) is 0 Å². The van der Waals surface area contributed by atoms with Crippen LogP contribution >= 0.6 is 0 Å². The Hall–Kier alpha value is -3.22. The van der Waals surface area contributed by atoms with Crippen molar-refractivity contribution in [2.75, 3.05) is 0 Å². The van der Waals surface area contributed by atoms with E-state index >= 15 is 0 Å². The van der Waals surface area contributed by atoms with E-state index in [1.54, 1.807) is 20.8 Å². The highest BCUT2D eigenvalue weighted by atomic mass is 16.2. The van der Waals surface area contributed by atoms with Crippen molar-refractivity contribution in [3.8, 4) is 0 Å². The Labute approximate surface area is 225 Å². The van der Waals surface area contributed by atoms with Gasteiger partial charge in [-0.2, -0.15) is 0 Å². The van der Waals surface area contributed by atoms with E-state index < -0.39 is 65.7 Å². The van der Waals surface area contributed by atoms with Crippen LogP contribution < -0.4 is 38.5 Å². The highest BCUT2D eigenvalue weighted by molar-refractivity contribution is 5.95. The molecule has 38 heavy (non-hydrogen) atoms. The van der Waals surface area contributed by atoms with E-state index in [2.05, 4.69) is 21.3 Å². The van der Waals surface area contributed by atoms with Gasteiger partial charge in [0.1, 0.15) is 24.2 Å². The van der Waals surface area contributed by atoms with Gasteiger partial charge in [0.25, 0.3) is 0 Å². The summed E-state index contributed by atoms with van der Waals surface area (Å²) in [5.41, 5.74) is 16.4. The molecule has 0 aromatic rings. The highest BCUT2D eigenvalue weighted by Gasteiger charge is 2.32. The monoisotopic (exact) mass is 541 g/mol. The topological polar surface area (TPSA) is 229 Å². The first kappa shape index (κ1) is 34.8. The van der Waals surface area contributed by atoms with E-state index in [-0.39, 0.29) is 30.6 Å². The van der Waals surface area contributed by atoms with Crippen LogP contribution in [0.3, 0.4) is 0 Å². The van der Waals surface area contributed by atoms with Crippen molar-refractivity contribution in [1.29, 1.82) is 0 Å². The predicted molar refractivity (Wildman–Crippen MR) is 143 cm³/mol. The summed E-state index contributed by atoms with van der Waals surface area (Å²) in [6.07, 6.45) is 0.732. The first-order valence-electron chi connectivity index (χ1n) is 13.1. The minimum atomic E-state index is -1.15. The van der Waals surface area contributed by atoms with Gasteiger partial charge in [0.2, 0.25) is 35.4 Å². The average molecular weight is 542 g/mol. The Morgan fingerprint density at radius 1 is 0.711 bits per heavy atom. The fourth-order valence-corrected chi connectivity index (χ4v) is 3.59. The molecule has 13 nitrogen and oxygen atoms in total. The molecule has 6 amide bonds. The van der Waals surface area contributed by atoms with E-state index in [1.165, 1.54) is 6.92 Å². The van der Waals surface area contributed by atoms with Gasteiger partial charge in [0, 0.05) is 6.42 Å². The molecular weight excluding hydrogens is 494 g/mol. The van der Waals surface area contributed by atoms with Gasteiger partial charge in [0.05, 0.1) is 6.04 Å². The molecule has 0 heterocycles. The van der Waals surface area contributed by atoms with Gasteiger partial charge < -0.3 is 38.5 Å². The standard InChI is InChI=1S/C25H47N7O6/c1-8-14(6)20(25(38)30-17(21(28)34)9-10-18(27)33)32-22(35)15(7)29-24(37)19(13(4)5)31-23(36)16(26)11-12(2)3/h12-17,19-20H,8-11,26H2,1-7H3,(H2,27,33)(H2,28,34)(H,29,37)(H,30,38)(H,31,36)(H,32,35)/t14-,15-,16-,17-,19-,20-/m0/s1. The fourth-order valence-electron chi connectivity index (χ4n) is 3.59. The average Bonchev–Trinajstić information content (AvgIpc) is 2.81. The number of nitrogens with one attached hydrogen (secondary N) is 4. The highest BCUT2D eigenvalue weighted by Crippen LogP contribution is 2.10. The first-order chi connectivity index (χ1) is 17.5. The summed E-state index contributed by atoms with van der Waals surface area (Å²) in [6, 6.07) is -4.94. The van der Waals surface area contributed by atoms with Gasteiger partial charge >= 0.3 is 0 Å². The lowest BCUT2D eigenvalue weighted by Gasteiger charge is -2.28. The minimum Gasteiger partial charge on any atom is -0.370 e. The Balaban J connectivity index is 5.40. The lowest BCUT2D eigenvalue weighted by atomic mass is 9.97. The van der Waals surface area contributed by atoms with Crippen LogP contribution in [-0.4, -0.2) is 65.7 Å². The molecule has 0 bridgehead atoms. The van der Waals surface area contributed by atoms with Gasteiger partial charge in [-0.05, 0) is 37.5 Å². The normalized spacial score (nSPS) is 15.9. The van der Waals surface area contributed by atoms with Gasteiger partial charge in [-0.15, -0.1) is 0 Å². The molecule has 0 fully saturated rings. The molecule has 0 aliphatic rings. The lowest BCUT2D eigenvalue weighted by molar-refractivity contribution is -0.135. The van der Waals surface area contributed by atoms with Crippen molar-refractivity contribution < 1.29 is 28.8 Å². The Bertz CT molecular complexity index is 848. The number of rotatable bonds is 17. The summed E-state index contributed by atoms with van der Waals surface area (Å²) in [7, 11) is 0. The third-order valence-electron chi connectivity index (χ3n) is 6.19. The number of hydrogen-bond donors (Lipinski definition) is 7. The third-order valence-corrected chi connectivity index (χ3v) is 6.19. The molecule has 13 heteroatoms. The van der Waals surface area contributed by atoms with E-state index in [4.69, 9.17) is 17.2 Å². The van der Waals surface area contributed by atoms with Gasteiger partial charge in [0.15, 0.2) is 0 Å². The number of hydrogen-bond acceptors (Lipinski definition) is 7. The molecule has 0 aromatic carbocycles. The summed E-state index contributed by atoms with van der Waals surface area (Å²) in [5.74, 6) is -4.26. The quantitative estimate of drug-likeness (QED) is 0.118. The number of carbonyl (C=O) groups excluding carboxylic acids is 6. The molecule has 0 aliphatic heterocycles. The minimum absolute atomic E-state index is 0.0762. The predicted octanol–water partition coefficient (Wildman–Crippen LogP) is -1.23. The lowest BCUT2D eigenvalue weighted by Crippen LogP contribution is -2.60.